The highest BCUT2D eigenvalue weighted by Crippen LogP contribution is 2.29. The number of likely N-dealkylation sites (N-methyl/N-ethyl adjacent to an activating group) is 1. The van der Waals surface area contributed by atoms with Crippen LogP contribution < -0.4 is 5.32 Å². The first-order valence-electron chi connectivity index (χ1n) is 9.03. The first kappa shape index (κ1) is 18.6. The standard InChI is InChI=1S/C21H23N3O3/c1-4-24(13-19(25)22-14(2)3)21(26)16-10-11-18-17(12-16)20(27-23-18)15-8-6-5-7-9-15/h5-12,14H,4,13H2,1-3H3,(H,22,25). The van der Waals surface area contributed by atoms with Gasteiger partial charge in [0.15, 0.2) is 5.76 Å². The molecule has 0 unspecified atom stereocenters. The van der Waals surface area contributed by atoms with Crippen LogP contribution in [0.1, 0.15) is 31.1 Å². The zero-order valence-electron chi connectivity index (χ0n) is 15.7. The third kappa shape index (κ3) is 4.16. The van der Waals surface area contributed by atoms with Gasteiger partial charge in [-0.1, -0.05) is 35.5 Å². The van der Waals surface area contributed by atoms with Gasteiger partial charge in [-0.05, 0) is 39.0 Å². The van der Waals surface area contributed by atoms with Crippen LogP contribution in [0.3, 0.4) is 0 Å². The Bertz CT molecular complexity index is 948. The number of hydrogen-bond donors (Lipinski definition) is 1. The molecule has 0 fully saturated rings. The number of hydrogen-bond acceptors (Lipinski definition) is 4. The Hall–Kier alpha value is -3.15. The smallest absolute Gasteiger partial charge is 0.254 e. The lowest BCUT2D eigenvalue weighted by Crippen LogP contribution is -2.42. The minimum absolute atomic E-state index is 0.0285. The number of amides is 2. The van der Waals surface area contributed by atoms with Crippen LogP contribution in [-0.4, -0.2) is 41.0 Å². The van der Waals surface area contributed by atoms with Crippen LogP contribution in [0.15, 0.2) is 53.1 Å². The number of fused-ring (bicyclic) bond motifs is 1. The van der Waals surface area contributed by atoms with Crippen molar-refractivity contribution in [3.05, 3.63) is 54.1 Å². The second-order valence-corrected chi connectivity index (χ2v) is 6.65. The molecule has 0 radical (unpaired) electrons. The molecule has 0 atom stereocenters. The molecule has 0 aliphatic rings. The van der Waals surface area contributed by atoms with E-state index in [-0.39, 0.29) is 24.4 Å². The molecule has 2 aromatic carbocycles. The number of carbonyl (C=O) groups is 2. The molecule has 0 saturated carbocycles. The fourth-order valence-corrected chi connectivity index (χ4v) is 2.92. The van der Waals surface area contributed by atoms with E-state index in [1.165, 1.54) is 4.90 Å². The first-order valence-corrected chi connectivity index (χ1v) is 9.03. The lowest BCUT2D eigenvalue weighted by atomic mass is 10.1. The lowest BCUT2D eigenvalue weighted by Gasteiger charge is -2.21. The Morgan fingerprint density at radius 2 is 1.89 bits per heavy atom. The maximum Gasteiger partial charge on any atom is 0.254 e. The molecule has 0 spiro atoms. The van der Waals surface area contributed by atoms with E-state index < -0.39 is 0 Å². The molecule has 1 aromatic heterocycles. The lowest BCUT2D eigenvalue weighted by molar-refractivity contribution is -0.122. The van der Waals surface area contributed by atoms with E-state index in [1.807, 2.05) is 51.1 Å². The molecule has 140 valence electrons. The second kappa shape index (κ2) is 8.03. The van der Waals surface area contributed by atoms with Crippen LogP contribution in [0, 0.1) is 0 Å². The van der Waals surface area contributed by atoms with Gasteiger partial charge in [-0.2, -0.15) is 0 Å². The SMILES string of the molecule is CCN(CC(=O)NC(C)C)C(=O)c1ccc2noc(-c3ccccc3)c2c1. The average Bonchev–Trinajstić information content (AvgIpc) is 3.09. The largest absolute Gasteiger partial charge is 0.355 e. The monoisotopic (exact) mass is 365 g/mol. The highest BCUT2D eigenvalue weighted by molar-refractivity contribution is 6.02. The van der Waals surface area contributed by atoms with Crippen molar-refractivity contribution in [3.8, 4) is 11.3 Å². The summed E-state index contributed by atoms with van der Waals surface area (Å²) in [6.07, 6.45) is 0. The Morgan fingerprint density at radius 3 is 2.56 bits per heavy atom. The molecule has 3 aromatic rings. The van der Waals surface area contributed by atoms with Crippen molar-refractivity contribution in [2.45, 2.75) is 26.8 Å². The van der Waals surface area contributed by atoms with Gasteiger partial charge in [-0.25, -0.2) is 0 Å². The van der Waals surface area contributed by atoms with Gasteiger partial charge >= 0.3 is 0 Å². The van der Waals surface area contributed by atoms with Crippen LogP contribution in [0.2, 0.25) is 0 Å². The molecule has 0 saturated heterocycles. The van der Waals surface area contributed by atoms with Gasteiger partial charge in [0, 0.05) is 23.7 Å². The minimum atomic E-state index is -0.196. The van der Waals surface area contributed by atoms with E-state index in [9.17, 15) is 9.59 Å². The molecule has 2 amide bonds. The van der Waals surface area contributed by atoms with Gasteiger partial charge in [0.1, 0.15) is 5.52 Å². The van der Waals surface area contributed by atoms with Gasteiger partial charge in [-0.15, -0.1) is 0 Å². The molecule has 0 aliphatic carbocycles. The van der Waals surface area contributed by atoms with Crippen molar-refractivity contribution in [2.75, 3.05) is 13.1 Å². The van der Waals surface area contributed by atoms with E-state index in [0.717, 1.165) is 10.9 Å². The van der Waals surface area contributed by atoms with E-state index in [2.05, 4.69) is 10.5 Å². The Balaban J connectivity index is 1.89. The highest BCUT2D eigenvalue weighted by Gasteiger charge is 2.20. The maximum absolute atomic E-state index is 12.9. The molecule has 0 aliphatic heterocycles. The summed E-state index contributed by atoms with van der Waals surface area (Å²) in [5.74, 6) is 0.260. The predicted molar refractivity (Wildman–Crippen MR) is 104 cm³/mol. The van der Waals surface area contributed by atoms with Crippen molar-refractivity contribution in [3.63, 3.8) is 0 Å². The molecular weight excluding hydrogens is 342 g/mol. The summed E-state index contributed by atoms with van der Waals surface area (Å²) in [4.78, 5) is 26.5. The second-order valence-electron chi connectivity index (χ2n) is 6.65. The Morgan fingerprint density at radius 1 is 1.15 bits per heavy atom. The number of carbonyl (C=O) groups excluding carboxylic acids is 2. The number of nitrogens with zero attached hydrogens (tertiary/aromatic N) is 2. The third-order valence-corrected chi connectivity index (χ3v) is 4.21. The summed E-state index contributed by atoms with van der Waals surface area (Å²) >= 11 is 0. The van der Waals surface area contributed by atoms with Crippen molar-refractivity contribution >= 4 is 22.7 Å². The summed E-state index contributed by atoms with van der Waals surface area (Å²) < 4.78 is 5.49. The van der Waals surface area contributed by atoms with Gasteiger partial charge in [-0.3, -0.25) is 9.59 Å². The predicted octanol–water partition coefficient (Wildman–Crippen LogP) is 3.48. The summed E-state index contributed by atoms with van der Waals surface area (Å²) in [7, 11) is 0. The molecule has 1 N–H and O–H groups in total. The van der Waals surface area contributed by atoms with Crippen molar-refractivity contribution in [1.29, 1.82) is 0 Å². The fraction of sp³-hybridized carbons (Fsp3) is 0.286. The van der Waals surface area contributed by atoms with Crippen LogP contribution in [-0.2, 0) is 4.79 Å². The van der Waals surface area contributed by atoms with Gasteiger partial charge in [0.05, 0.1) is 11.9 Å². The van der Waals surface area contributed by atoms with Gasteiger partial charge < -0.3 is 14.7 Å². The van der Waals surface area contributed by atoms with Gasteiger partial charge in [0.2, 0.25) is 5.91 Å². The molecule has 1 heterocycles. The summed E-state index contributed by atoms with van der Waals surface area (Å²) in [5.41, 5.74) is 2.08. The molecule has 6 heteroatoms. The maximum atomic E-state index is 12.9. The summed E-state index contributed by atoms with van der Waals surface area (Å²) in [6, 6.07) is 14.9. The summed E-state index contributed by atoms with van der Waals surface area (Å²) in [5, 5.41) is 7.66. The molecule has 27 heavy (non-hydrogen) atoms. The molecule has 0 bridgehead atoms. The van der Waals surface area contributed by atoms with E-state index in [4.69, 9.17) is 4.52 Å². The Labute approximate surface area is 158 Å². The van der Waals surface area contributed by atoms with Crippen molar-refractivity contribution in [2.24, 2.45) is 0 Å². The van der Waals surface area contributed by atoms with Crippen LogP contribution >= 0.6 is 0 Å². The average molecular weight is 365 g/mol. The van der Waals surface area contributed by atoms with Crippen molar-refractivity contribution in [1.82, 2.24) is 15.4 Å². The summed E-state index contributed by atoms with van der Waals surface area (Å²) in [6.45, 7) is 6.11. The van der Waals surface area contributed by atoms with Gasteiger partial charge in [0.25, 0.3) is 5.91 Å². The minimum Gasteiger partial charge on any atom is -0.355 e. The number of rotatable bonds is 6. The third-order valence-electron chi connectivity index (χ3n) is 4.21. The quantitative estimate of drug-likeness (QED) is 0.726. The molecule has 6 nitrogen and oxygen atoms in total. The van der Waals surface area contributed by atoms with Crippen LogP contribution in [0.5, 0.6) is 0 Å². The molecular formula is C21H23N3O3. The van der Waals surface area contributed by atoms with E-state index in [0.29, 0.717) is 23.4 Å². The number of aromatic nitrogens is 1. The topological polar surface area (TPSA) is 75.4 Å². The van der Waals surface area contributed by atoms with Crippen LogP contribution in [0.25, 0.3) is 22.2 Å². The first-order chi connectivity index (χ1) is 13.0. The van der Waals surface area contributed by atoms with E-state index >= 15 is 0 Å². The van der Waals surface area contributed by atoms with Crippen LogP contribution in [0.4, 0.5) is 0 Å². The van der Waals surface area contributed by atoms with E-state index in [1.54, 1.807) is 18.2 Å². The Kier molecular flexibility index (Phi) is 5.54. The normalized spacial score (nSPS) is 11.0. The zero-order chi connectivity index (χ0) is 19.4. The fourth-order valence-electron chi connectivity index (χ4n) is 2.92. The molecule has 3 rings (SSSR count). The number of benzene rings is 2. The number of nitrogens with one attached hydrogen (secondary N) is 1. The highest BCUT2D eigenvalue weighted by atomic mass is 16.5. The zero-order valence-corrected chi connectivity index (χ0v) is 15.7. The van der Waals surface area contributed by atoms with Crippen molar-refractivity contribution < 1.29 is 14.1 Å².